The van der Waals surface area contributed by atoms with Crippen molar-refractivity contribution < 1.29 is 24.9 Å². The predicted octanol–water partition coefficient (Wildman–Crippen LogP) is 2.16. The fourth-order valence-electron chi connectivity index (χ4n) is 2.33. The number of rotatable bonds is 1. The molecule has 0 aliphatic carbocycles. The Hall–Kier alpha value is -2.69. The minimum Gasteiger partial charge on any atom is -0.508 e. The Morgan fingerprint density at radius 3 is 2.45 bits per heavy atom. The van der Waals surface area contributed by atoms with Crippen molar-refractivity contribution in [2.24, 2.45) is 0 Å². The quantitative estimate of drug-likeness (QED) is 0.740. The molecule has 0 saturated carbocycles. The first kappa shape index (κ1) is 12.3. The number of carbonyl (C=O) groups excluding carboxylic acids is 1. The Morgan fingerprint density at radius 1 is 1.00 bits per heavy atom. The highest BCUT2D eigenvalue weighted by Crippen LogP contribution is 2.38. The van der Waals surface area contributed by atoms with Gasteiger partial charge in [-0.25, -0.2) is 0 Å². The molecule has 0 unspecified atom stereocenters. The van der Waals surface area contributed by atoms with Crippen LogP contribution in [-0.4, -0.2) is 27.7 Å². The monoisotopic (exact) mass is 272 g/mol. The Labute approximate surface area is 114 Å². The van der Waals surface area contributed by atoms with Crippen LogP contribution < -0.4 is 4.74 Å². The van der Waals surface area contributed by atoms with Crippen LogP contribution in [0.3, 0.4) is 0 Å². The average Bonchev–Trinajstić information content (AvgIpc) is 2.40. The van der Waals surface area contributed by atoms with Gasteiger partial charge in [-0.15, -0.1) is 0 Å². The molecule has 2 aromatic rings. The standard InChI is InChI=1S/C15H12O5/c16-8-1-3-10(13(18)5-8)12-7-20-14-6-9(17)2-4-11(14)15(12)19/h1-6,12,16-18H,7H2/t12-/m0/s1. The lowest BCUT2D eigenvalue weighted by Gasteiger charge is -2.25. The molecule has 0 radical (unpaired) electrons. The maximum absolute atomic E-state index is 12.4. The van der Waals surface area contributed by atoms with Gasteiger partial charge in [0.15, 0.2) is 5.78 Å². The number of phenols is 3. The summed E-state index contributed by atoms with van der Waals surface area (Å²) in [5.74, 6) is -0.665. The van der Waals surface area contributed by atoms with Crippen molar-refractivity contribution in [2.75, 3.05) is 6.61 Å². The van der Waals surface area contributed by atoms with Gasteiger partial charge in [0, 0.05) is 17.7 Å². The van der Waals surface area contributed by atoms with Crippen molar-refractivity contribution in [2.45, 2.75) is 5.92 Å². The van der Waals surface area contributed by atoms with Gasteiger partial charge in [-0.05, 0) is 18.2 Å². The molecule has 1 aliphatic heterocycles. The third-order valence-corrected chi connectivity index (χ3v) is 3.34. The number of aromatic hydroxyl groups is 3. The molecule has 1 heterocycles. The van der Waals surface area contributed by atoms with E-state index in [-0.39, 0.29) is 29.6 Å². The van der Waals surface area contributed by atoms with E-state index in [0.717, 1.165) is 0 Å². The van der Waals surface area contributed by atoms with E-state index >= 15 is 0 Å². The van der Waals surface area contributed by atoms with Gasteiger partial charge in [0.2, 0.25) is 0 Å². The molecule has 5 heteroatoms. The van der Waals surface area contributed by atoms with Gasteiger partial charge in [0.1, 0.15) is 29.6 Å². The van der Waals surface area contributed by atoms with E-state index in [2.05, 4.69) is 0 Å². The summed E-state index contributed by atoms with van der Waals surface area (Å²) in [5, 5.41) is 28.5. The van der Waals surface area contributed by atoms with E-state index in [1.807, 2.05) is 0 Å². The van der Waals surface area contributed by atoms with Crippen molar-refractivity contribution in [3.05, 3.63) is 47.5 Å². The van der Waals surface area contributed by atoms with Gasteiger partial charge in [-0.2, -0.15) is 0 Å². The van der Waals surface area contributed by atoms with Gasteiger partial charge in [0.05, 0.1) is 11.5 Å². The van der Waals surface area contributed by atoms with Crippen LogP contribution in [0.5, 0.6) is 23.0 Å². The van der Waals surface area contributed by atoms with Crippen LogP contribution in [0.25, 0.3) is 0 Å². The molecule has 3 N–H and O–H groups in total. The van der Waals surface area contributed by atoms with E-state index in [0.29, 0.717) is 16.9 Å². The van der Waals surface area contributed by atoms with Gasteiger partial charge < -0.3 is 20.1 Å². The second kappa shape index (κ2) is 4.45. The van der Waals surface area contributed by atoms with E-state index < -0.39 is 5.92 Å². The van der Waals surface area contributed by atoms with Gasteiger partial charge in [-0.1, -0.05) is 6.07 Å². The lowest BCUT2D eigenvalue weighted by Crippen LogP contribution is -2.26. The Kier molecular flexibility index (Phi) is 2.75. The molecule has 0 fully saturated rings. The molecule has 102 valence electrons. The number of phenolic OH excluding ortho intramolecular Hbond substituents is 3. The van der Waals surface area contributed by atoms with Gasteiger partial charge >= 0.3 is 0 Å². The zero-order valence-electron chi connectivity index (χ0n) is 10.4. The number of hydrogen-bond acceptors (Lipinski definition) is 5. The molecule has 0 spiro atoms. The lowest BCUT2D eigenvalue weighted by atomic mass is 9.88. The fourth-order valence-corrected chi connectivity index (χ4v) is 2.33. The molecule has 1 aliphatic rings. The first-order valence-electron chi connectivity index (χ1n) is 6.08. The van der Waals surface area contributed by atoms with Crippen molar-refractivity contribution in [1.29, 1.82) is 0 Å². The maximum Gasteiger partial charge on any atom is 0.177 e. The minimum absolute atomic E-state index is 0.0301. The summed E-state index contributed by atoms with van der Waals surface area (Å²) in [5.41, 5.74) is 0.776. The predicted molar refractivity (Wildman–Crippen MR) is 70.4 cm³/mol. The number of benzene rings is 2. The molecule has 2 aromatic carbocycles. The van der Waals surface area contributed by atoms with E-state index in [1.165, 1.54) is 36.4 Å². The summed E-state index contributed by atoms with van der Waals surface area (Å²) in [6.07, 6.45) is 0. The normalized spacial score (nSPS) is 17.4. The number of Topliss-reactive ketones (excluding diaryl/α,β-unsaturated/α-hetero) is 1. The topological polar surface area (TPSA) is 87.0 Å². The highest BCUT2D eigenvalue weighted by atomic mass is 16.5. The average molecular weight is 272 g/mol. The molecule has 1 atom stereocenters. The van der Waals surface area contributed by atoms with Crippen LogP contribution in [0.4, 0.5) is 0 Å². The Morgan fingerprint density at radius 2 is 1.70 bits per heavy atom. The molecule has 0 bridgehead atoms. The van der Waals surface area contributed by atoms with E-state index in [9.17, 15) is 20.1 Å². The minimum atomic E-state index is -0.632. The van der Waals surface area contributed by atoms with Gasteiger partial charge in [-0.3, -0.25) is 4.79 Å². The zero-order valence-corrected chi connectivity index (χ0v) is 10.4. The van der Waals surface area contributed by atoms with E-state index in [4.69, 9.17) is 4.74 Å². The van der Waals surface area contributed by atoms with Crippen LogP contribution in [0.2, 0.25) is 0 Å². The van der Waals surface area contributed by atoms with E-state index in [1.54, 1.807) is 0 Å². The van der Waals surface area contributed by atoms with Crippen LogP contribution in [0.15, 0.2) is 36.4 Å². The van der Waals surface area contributed by atoms with Crippen LogP contribution in [-0.2, 0) is 0 Å². The summed E-state index contributed by atoms with van der Waals surface area (Å²) >= 11 is 0. The first-order chi connectivity index (χ1) is 9.56. The first-order valence-corrected chi connectivity index (χ1v) is 6.08. The summed E-state index contributed by atoms with van der Waals surface area (Å²) in [4.78, 5) is 12.4. The summed E-state index contributed by atoms with van der Waals surface area (Å²) in [7, 11) is 0. The smallest absolute Gasteiger partial charge is 0.177 e. The largest absolute Gasteiger partial charge is 0.508 e. The van der Waals surface area contributed by atoms with Crippen LogP contribution in [0.1, 0.15) is 21.8 Å². The fraction of sp³-hybridized carbons (Fsp3) is 0.133. The number of hydrogen-bond donors (Lipinski definition) is 3. The third-order valence-electron chi connectivity index (χ3n) is 3.34. The molecule has 20 heavy (non-hydrogen) atoms. The summed E-state index contributed by atoms with van der Waals surface area (Å²) < 4.78 is 5.47. The third kappa shape index (κ3) is 1.93. The highest BCUT2D eigenvalue weighted by molar-refractivity contribution is 6.04. The molecular weight excluding hydrogens is 260 g/mol. The number of ketones is 1. The molecule has 5 nitrogen and oxygen atoms in total. The second-order valence-corrected chi connectivity index (χ2v) is 4.65. The summed E-state index contributed by atoms with van der Waals surface area (Å²) in [6.45, 7) is 0.0770. The molecular formula is C15H12O5. The molecule has 0 saturated heterocycles. The van der Waals surface area contributed by atoms with Gasteiger partial charge in [0.25, 0.3) is 0 Å². The Bertz CT molecular complexity index is 693. The van der Waals surface area contributed by atoms with Crippen LogP contribution >= 0.6 is 0 Å². The molecule has 3 rings (SSSR count). The lowest BCUT2D eigenvalue weighted by molar-refractivity contribution is 0.0894. The van der Waals surface area contributed by atoms with Crippen molar-refractivity contribution >= 4 is 5.78 Å². The van der Waals surface area contributed by atoms with Crippen LogP contribution in [0, 0.1) is 0 Å². The summed E-state index contributed by atoms with van der Waals surface area (Å²) in [6, 6.07) is 8.40. The zero-order chi connectivity index (χ0) is 14.3. The highest BCUT2D eigenvalue weighted by Gasteiger charge is 2.32. The second-order valence-electron chi connectivity index (χ2n) is 4.65. The number of ether oxygens (including phenoxy) is 1. The Balaban J connectivity index is 2.02. The van der Waals surface area contributed by atoms with Crippen molar-refractivity contribution in [3.63, 3.8) is 0 Å². The SMILES string of the molecule is O=C1c2ccc(O)cc2OC[C@H]1c1ccc(O)cc1O. The molecule has 0 aromatic heterocycles. The molecule has 0 amide bonds. The maximum atomic E-state index is 12.4. The number of fused-ring (bicyclic) bond motifs is 1. The number of carbonyl (C=O) groups is 1. The van der Waals surface area contributed by atoms with Crippen molar-refractivity contribution in [1.82, 2.24) is 0 Å². The van der Waals surface area contributed by atoms with Crippen molar-refractivity contribution in [3.8, 4) is 23.0 Å².